The highest BCUT2D eigenvalue weighted by Gasteiger charge is 2.51. The van der Waals surface area contributed by atoms with E-state index in [1.165, 1.54) is 21.9 Å². The van der Waals surface area contributed by atoms with Crippen LogP contribution in [0.5, 0.6) is 0 Å². The van der Waals surface area contributed by atoms with Gasteiger partial charge in [-0.3, -0.25) is 0 Å². The molecule has 51 heavy (non-hydrogen) atoms. The first-order chi connectivity index (χ1) is 24.8. The van der Waals surface area contributed by atoms with Gasteiger partial charge in [-0.2, -0.15) is 0 Å². The summed E-state index contributed by atoms with van der Waals surface area (Å²) in [5.74, 6) is 0. The molecule has 8 aromatic rings. The zero-order valence-electron chi connectivity index (χ0n) is 29.3. The molecular weight excluding hydrogens is 625 g/mol. The molecule has 1 fully saturated rings. The normalized spacial score (nSPS) is 15.2. The zero-order chi connectivity index (χ0) is 34.7. The molecule has 1 aromatic heterocycles. The predicted octanol–water partition coefficient (Wildman–Crippen LogP) is 11.8. The van der Waals surface area contributed by atoms with Crippen LogP contribution in [0.1, 0.15) is 27.7 Å². The summed E-state index contributed by atoms with van der Waals surface area (Å²) in [5, 5.41) is 4.74. The summed E-state index contributed by atoms with van der Waals surface area (Å²) < 4.78 is 19.1. The number of para-hydroxylation sites is 2. The first kappa shape index (κ1) is 31.4. The molecule has 1 aliphatic rings. The summed E-state index contributed by atoms with van der Waals surface area (Å²) in [7, 11) is -0.419. The molecule has 0 saturated carbocycles. The smallest absolute Gasteiger partial charge is 0.455 e. The molecular formula is C46H38BNO3. The molecule has 1 aliphatic heterocycles. The Bertz CT molecular complexity index is 2510. The summed E-state index contributed by atoms with van der Waals surface area (Å²) in [5.41, 5.74) is 9.75. The Morgan fingerprint density at radius 1 is 0.451 bits per heavy atom. The van der Waals surface area contributed by atoms with Crippen LogP contribution in [0.25, 0.3) is 55.0 Å². The largest absolute Gasteiger partial charge is 0.494 e. The third-order valence-corrected chi connectivity index (χ3v) is 10.7. The van der Waals surface area contributed by atoms with Crippen LogP contribution in [-0.4, -0.2) is 18.3 Å². The van der Waals surface area contributed by atoms with Gasteiger partial charge in [-0.05, 0) is 103 Å². The van der Waals surface area contributed by atoms with Gasteiger partial charge in [0, 0.05) is 33.4 Å². The van der Waals surface area contributed by atoms with Gasteiger partial charge in [0.25, 0.3) is 0 Å². The molecule has 0 amide bonds. The minimum absolute atomic E-state index is 0.400. The van der Waals surface area contributed by atoms with Crippen LogP contribution in [0, 0.1) is 0 Å². The molecule has 248 valence electrons. The Hall–Kier alpha value is -5.62. The second-order valence-corrected chi connectivity index (χ2v) is 14.4. The van der Waals surface area contributed by atoms with Gasteiger partial charge < -0.3 is 18.6 Å². The fourth-order valence-electron chi connectivity index (χ4n) is 7.24. The Morgan fingerprint density at radius 2 is 0.941 bits per heavy atom. The van der Waals surface area contributed by atoms with Crippen LogP contribution in [-0.2, 0) is 9.31 Å². The van der Waals surface area contributed by atoms with E-state index in [-0.39, 0.29) is 0 Å². The summed E-state index contributed by atoms with van der Waals surface area (Å²) >= 11 is 0. The van der Waals surface area contributed by atoms with Crippen LogP contribution in [0.3, 0.4) is 0 Å². The lowest BCUT2D eigenvalue weighted by molar-refractivity contribution is 0.00578. The predicted molar refractivity (Wildman–Crippen MR) is 212 cm³/mol. The van der Waals surface area contributed by atoms with E-state index < -0.39 is 18.3 Å². The molecule has 0 atom stereocenters. The van der Waals surface area contributed by atoms with Crippen molar-refractivity contribution in [2.45, 2.75) is 38.9 Å². The van der Waals surface area contributed by atoms with Gasteiger partial charge >= 0.3 is 7.12 Å². The minimum Gasteiger partial charge on any atom is -0.455 e. The van der Waals surface area contributed by atoms with Crippen molar-refractivity contribution in [2.75, 3.05) is 4.90 Å². The second-order valence-electron chi connectivity index (χ2n) is 14.4. The Morgan fingerprint density at radius 3 is 1.61 bits per heavy atom. The lowest BCUT2D eigenvalue weighted by Gasteiger charge is -2.32. The second kappa shape index (κ2) is 12.0. The molecule has 5 heteroatoms. The van der Waals surface area contributed by atoms with E-state index in [1.54, 1.807) is 0 Å². The van der Waals surface area contributed by atoms with Gasteiger partial charge in [-0.15, -0.1) is 0 Å². The maximum absolute atomic E-state index is 6.38. The van der Waals surface area contributed by atoms with Gasteiger partial charge in [0.1, 0.15) is 11.2 Å². The van der Waals surface area contributed by atoms with E-state index in [1.807, 2.05) is 12.1 Å². The number of hydrogen-bond donors (Lipinski definition) is 0. The van der Waals surface area contributed by atoms with Crippen molar-refractivity contribution in [3.05, 3.63) is 158 Å². The standard InChI is InChI=1S/C46H38BNO3/c1-45(2)46(3,4)51-47(50-45)34-23-29-37(30-24-34)48(35-25-19-32(20-26-35)39-15-9-12-31-11-5-6-13-38(31)39)36-27-21-33(22-28-36)40-16-10-17-42-41-14-7-8-18-43(41)49-44(40)42/h5-30H,1-4H3. The molecule has 4 nitrogen and oxygen atoms in total. The molecule has 2 heterocycles. The van der Waals surface area contributed by atoms with E-state index in [9.17, 15) is 0 Å². The number of fused-ring (bicyclic) bond motifs is 4. The first-order valence-corrected chi connectivity index (χ1v) is 17.6. The minimum atomic E-state index is -0.419. The van der Waals surface area contributed by atoms with Gasteiger partial charge in [-0.1, -0.05) is 115 Å². The van der Waals surface area contributed by atoms with E-state index in [0.717, 1.165) is 55.6 Å². The lowest BCUT2D eigenvalue weighted by Crippen LogP contribution is -2.41. The molecule has 0 radical (unpaired) electrons. The molecule has 0 unspecified atom stereocenters. The average molecular weight is 664 g/mol. The Labute approximate surface area is 299 Å². The molecule has 0 N–H and O–H groups in total. The number of anilines is 3. The average Bonchev–Trinajstić information content (AvgIpc) is 3.64. The Kier molecular flexibility index (Phi) is 7.39. The molecule has 0 bridgehead atoms. The first-order valence-electron chi connectivity index (χ1n) is 17.6. The quantitative estimate of drug-likeness (QED) is 0.166. The van der Waals surface area contributed by atoms with Crippen LogP contribution >= 0.6 is 0 Å². The van der Waals surface area contributed by atoms with Crippen molar-refractivity contribution in [3.8, 4) is 22.3 Å². The fourth-order valence-corrected chi connectivity index (χ4v) is 7.24. The number of benzene rings is 7. The molecule has 0 spiro atoms. The lowest BCUT2D eigenvalue weighted by atomic mass is 9.79. The summed E-state index contributed by atoms with van der Waals surface area (Å²) in [6.07, 6.45) is 0. The highest BCUT2D eigenvalue weighted by molar-refractivity contribution is 6.62. The van der Waals surface area contributed by atoms with Gasteiger partial charge in [0.2, 0.25) is 0 Å². The van der Waals surface area contributed by atoms with Gasteiger partial charge in [0.05, 0.1) is 11.2 Å². The fraction of sp³-hybridized carbons (Fsp3) is 0.130. The van der Waals surface area contributed by atoms with Gasteiger partial charge in [0.15, 0.2) is 0 Å². The van der Waals surface area contributed by atoms with Crippen molar-refractivity contribution >= 4 is 62.4 Å². The van der Waals surface area contributed by atoms with E-state index in [4.69, 9.17) is 13.7 Å². The molecule has 0 aliphatic carbocycles. The van der Waals surface area contributed by atoms with Crippen molar-refractivity contribution in [1.29, 1.82) is 0 Å². The van der Waals surface area contributed by atoms with E-state index in [0.29, 0.717) is 0 Å². The summed E-state index contributed by atoms with van der Waals surface area (Å²) in [6, 6.07) is 55.8. The molecule has 7 aromatic carbocycles. The number of hydrogen-bond acceptors (Lipinski definition) is 4. The third-order valence-electron chi connectivity index (χ3n) is 10.7. The summed E-state index contributed by atoms with van der Waals surface area (Å²) in [6.45, 7) is 8.35. The van der Waals surface area contributed by atoms with E-state index >= 15 is 0 Å². The zero-order valence-corrected chi connectivity index (χ0v) is 29.3. The van der Waals surface area contributed by atoms with Crippen LogP contribution in [0.2, 0.25) is 0 Å². The van der Waals surface area contributed by atoms with Crippen LogP contribution in [0.15, 0.2) is 162 Å². The van der Waals surface area contributed by atoms with Crippen molar-refractivity contribution < 1.29 is 13.7 Å². The van der Waals surface area contributed by atoms with Crippen molar-refractivity contribution in [1.82, 2.24) is 0 Å². The highest BCUT2D eigenvalue weighted by Crippen LogP contribution is 2.41. The topological polar surface area (TPSA) is 34.8 Å². The number of nitrogens with zero attached hydrogens (tertiary/aromatic N) is 1. The third kappa shape index (κ3) is 5.41. The van der Waals surface area contributed by atoms with Gasteiger partial charge in [-0.25, -0.2) is 0 Å². The van der Waals surface area contributed by atoms with Crippen molar-refractivity contribution in [2.24, 2.45) is 0 Å². The van der Waals surface area contributed by atoms with Crippen LogP contribution < -0.4 is 10.4 Å². The van der Waals surface area contributed by atoms with Crippen LogP contribution in [0.4, 0.5) is 17.1 Å². The number of furan rings is 1. The number of rotatable bonds is 6. The van der Waals surface area contributed by atoms with Crippen molar-refractivity contribution in [3.63, 3.8) is 0 Å². The SMILES string of the molecule is CC1(C)OB(c2ccc(N(c3ccc(-c4cccc5ccccc45)cc3)c3ccc(-c4cccc5c4oc4ccccc45)cc3)cc2)OC1(C)C. The molecule has 1 saturated heterocycles. The Balaban J connectivity index is 1.10. The summed E-state index contributed by atoms with van der Waals surface area (Å²) in [4.78, 5) is 2.30. The van der Waals surface area contributed by atoms with E-state index in [2.05, 4.69) is 178 Å². The monoisotopic (exact) mass is 663 g/mol. The highest BCUT2D eigenvalue weighted by atomic mass is 16.7. The molecule has 9 rings (SSSR count). The maximum atomic E-state index is 6.38. The maximum Gasteiger partial charge on any atom is 0.494 e.